The van der Waals surface area contributed by atoms with Crippen molar-refractivity contribution in [3.05, 3.63) is 46.1 Å². The topological polar surface area (TPSA) is 49.2 Å². The Hall–Kier alpha value is -1.58. The predicted molar refractivity (Wildman–Crippen MR) is 94.2 cm³/mol. The highest BCUT2D eigenvalue weighted by atomic mass is 79.9. The van der Waals surface area contributed by atoms with E-state index < -0.39 is 29.9 Å². The summed E-state index contributed by atoms with van der Waals surface area (Å²) in [5.74, 6) is -0.471. The molecule has 0 unspecified atom stereocenters. The summed E-state index contributed by atoms with van der Waals surface area (Å²) in [4.78, 5) is 0. The van der Waals surface area contributed by atoms with Gasteiger partial charge in [0.05, 0.1) is 17.4 Å². The Morgan fingerprint density at radius 2 is 1.88 bits per heavy atom. The van der Waals surface area contributed by atoms with E-state index in [-0.39, 0.29) is 11.4 Å². The van der Waals surface area contributed by atoms with E-state index >= 15 is 0 Å². The molecule has 0 aliphatic carbocycles. The molecule has 2 aromatic rings. The highest BCUT2D eigenvalue weighted by molar-refractivity contribution is 9.10. The van der Waals surface area contributed by atoms with E-state index in [0.717, 1.165) is 0 Å². The van der Waals surface area contributed by atoms with Gasteiger partial charge in [-0.3, -0.25) is 0 Å². The molecule has 0 spiro atoms. The minimum atomic E-state index is -1.11. The lowest BCUT2D eigenvalue weighted by Crippen LogP contribution is -2.41. The van der Waals surface area contributed by atoms with Gasteiger partial charge in [0.25, 0.3) is 0 Å². The average molecular weight is 412 g/mol. The Bertz CT molecular complexity index is 823. The van der Waals surface area contributed by atoms with Crippen LogP contribution in [-0.2, 0) is 9.31 Å². The summed E-state index contributed by atoms with van der Waals surface area (Å²) < 4.78 is 41.6. The highest BCUT2D eigenvalue weighted by Crippen LogP contribution is 2.39. The zero-order valence-corrected chi connectivity index (χ0v) is 15.8. The Kier molecular flexibility index (Phi) is 4.59. The zero-order valence-electron chi connectivity index (χ0n) is 14.3. The molecule has 0 N–H and O–H groups in total. The fourth-order valence-corrected chi connectivity index (χ4v) is 2.63. The smallest absolute Gasteiger partial charge is 0.398 e. The van der Waals surface area contributed by atoms with Crippen molar-refractivity contribution >= 4 is 29.1 Å². The van der Waals surface area contributed by atoms with Crippen LogP contribution in [0.15, 0.2) is 34.6 Å². The molecule has 3 rings (SSSR count). The molecule has 1 fully saturated rings. The van der Waals surface area contributed by atoms with Gasteiger partial charge in [-0.1, -0.05) is 21.1 Å². The van der Waals surface area contributed by atoms with Gasteiger partial charge in [0, 0.05) is 4.47 Å². The van der Waals surface area contributed by atoms with E-state index in [1.54, 1.807) is 12.1 Å². The van der Waals surface area contributed by atoms with Gasteiger partial charge in [0.15, 0.2) is 0 Å². The molecule has 1 aliphatic heterocycles. The lowest BCUT2D eigenvalue weighted by Gasteiger charge is -2.32. The third kappa shape index (κ3) is 3.54. The first-order chi connectivity index (χ1) is 11.6. The van der Waals surface area contributed by atoms with Gasteiger partial charge in [-0.15, -0.1) is 5.10 Å². The van der Waals surface area contributed by atoms with E-state index in [2.05, 4.69) is 26.2 Å². The molecule has 1 saturated heterocycles. The van der Waals surface area contributed by atoms with Crippen LogP contribution in [0.4, 0.5) is 8.78 Å². The Labute approximate surface area is 153 Å². The number of hydrogen-bond donors (Lipinski definition) is 0. The summed E-state index contributed by atoms with van der Waals surface area (Å²) in [6.45, 7) is 7.36. The van der Waals surface area contributed by atoms with Crippen LogP contribution in [0.25, 0.3) is 11.8 Å². The number of aromatic nitrogens is 3. The maximum Gasteiger partial charge on any atom is 0.525 e. The molecular weight excluding hydrogens is 395 g/mol. The molecule has 0 saturated carbocycles. The molecule has 9 heteroatoms. The van der Waals surface area contributed by atoms with E-state index in [0.29, 0.717) is 4.47 Å². The van der Waals surface area contributed by atoms with Crippen LogP contribution < -0.4 is 0 Å². The van der Waals surface area contributed by atoms with Crippen molar-refractivity contribution < 1.29 is 18.1 Å². The van der Waals surface area contributed by atoms with Gasteiger partial charge in [-0.25, -0.2) is 13.5 Å². The van der Waals surface area contributed by atoms with Crippen molar-refractivity contribution in [2.75, 3.05) is 0 Å². The van der Waals surface area contributed by atoms with Gasteiger partial charge < -0.3 is 9.31 Å². The predicted octanol–water partition coefficient (Wildman–Crippen LogP) is 4.11. The average Bonchev–Trinajstić information content (AvgIpc) is 3.01. The number of benzene rings is 1. The van der Waals surface area contributed by atoms with Crippen molar-refractivity contribution in [3.63, 3.8) is 0 Å². The van der Waals surface area contributed by atoms with Crippen LogP contribution in [-0.4, -0.2) is 33.3 Å². The van der Waals surface area contributed by atoms with Gasteiger partial charge >= 0.3 is 7.12 Å². The maximum absolute atomic E-state index is 14.5. The Morgan fingerprint density at radius 1 is 1.24 bits per heavy atom. The van der Waals surface area contributed by atoms with Crippen molar-refractivity contribution in [1.82, 2.24) is 15.0 Å². The molecule has 1 aromatic heterocycles. The summed E-state index contributed by atoms with van der Waals surface area (Å²) >= 11 is 3.19. The van der Waals surface area contributed by atoms with Crippen molar-refractivity contribution in [2.45, 2.75) is 38.9 Å². The molecule has 0 radical (unpaired) electrons. The van der Waals surface area contributed by atoms with Crippen LogP contribution >= 0.6 is 15.9 Å². The molecule has 1 aliphatic rings. The second-order valence-electron chi connectivity index (χ2n) is 6.80. The van der Waals surface area contributed by atoms with E-state index in [1.165, 1.54) is 23.0 Å². The lowest BCUT2D eigenvalue weighted by molar-refractivity contribution is 0.00578. The summed E-state index contributed by atoms with van der Waals surface area (Å²) in [5.41, 5.74) is -1.45. The van der Waals surface area contributed by atoms with Crippen LogP contribution in [0, 0.1) is 5.82 Å². The molecule has 5 nitrogen and oxygen atoms in total. The zero-order chi connectivity index (χ0) is 18.4. The lowest BCUT2D eigenvalue weighted by atomic mass is 9.87. The van der Waals surface area contributed by atoms with Gasteiger partial charge in [-0.05, 0) is 52.0 Å². The normalized spacial score (nSPS) is 19.5. The first kappa shape index (κ1) is 18.2. The van der Waals surface area contributed by atoms with Gasteiger partial charge in [0.1, 0.15) is 22.9 Å². The van der Waals surface area contributed by atoms with E-state index in [1.807, 2.05) is 27.7 Å². The molecule has 0 amide bonds. The maximum atomic E-state index is 14.5. The molecular formula is C16H17BBrF2N3O2. The number of nitrogens with zero attached hydrogens (tertiary/aromatic N) is 3. The quantitative estimate of drug-likeness (QED) is 0.713. The van der Waals surface area contributed by atoms with Gasteiger partial charge in [0.2, 0.25) is 0 Å². The van der Waals surface area contributed by atoms with Crippen LogP contribution in [0.2, 0.25) is 0 Å². The van der Waals surface area contributed by atoms with Crippen LogP contribution in [0.5, 0.6) is 0 Å². The minimum Gasteiger partial charge on any atom is -0.398 e. The molecule has 1 aromatic carbocycles. The third-order valence-corrected chi connectivity index (χ3v) is 4.93. The molecule has 0 atom stereocenters. The van der Waals surface area contributed by atoms with E-state index in [4.69, 9.17) is 9.31 Å². The fourth-order valence-electron chi connectivity index (χ4n) is 2.29. The Morgan fingerprint density at radius 3 is 2.48 bits per heavy atom. The Balaban J connectivity index is 1.82. The number of hydrogen-bond acceptors (Lipinski definition) is 4. The first-order valence-electron chi connectivity index (χ1n) is 7.69. The molecule has 25 heavy (non-hydrogen) atoms. The first-order valence-corrected chi connectivity index (χ1v) is 8.49. The monoisotopic (exact) mass is 411 g/mol. The van der Waals surface area contributed by atoms with Crippen molar-refractivity contribution in [1.29, 1.82) is 0 Å². The summed E-state index contributed by atoms with van der Waals surface area (Å²) in [6.07, 6.45) is 2.60. The van der Waals surface area contributed by atoms with Crippen molar-refractivity contribution in [3.8, 4) is 5.69 Å². The molecule has 2 heterocycles. The summed E-state index contributed by atoms with van der Waals surface area (Å²) in [7, 11) is -1.11. The SMILES string of the molecule is CC1(C)OB(C(F)=Cc2cn(-c3ccc(Br)cc3F)nn2)OC1(C)C. The third-order valence-electron chi connectivity index (χ3n) is 4.43. The van der Waals surface area contributed by atoms with Crippen LogP contribution in [0.1, 0.15) is 33.4 Å². The fraction of sp³-hybridized carbons (Fsp3) is 0.375. The second kappa shape index (κ2) is 6.30. The second-order valence-corrected chi connectivity index (χ2v) is 7.72. The van der Waals surface area contributed by atoms with E-state index in [9.17, 15) is 8.78 Å². The largest absolute Gasteiger partial charge is 0.525 e. The minimum absolute atomic E-state index is 0.214. The van der Waals surface area contributed by atoms with Crippen molar-refractivity contribution in [2.24, 2.45) is 0 Å². The van der Waals surface area contributed by atoms with Crippen LogP contribution in [0.3, 0.4) is 0 Å². The summed E-state index contributed by atoms with van der Waals surface area (Å²) in [6, 6.07) is 4.55. The highest BCUT2D eigenvalue weighted by Gasteiger charge is 2.53. The number of halogens is 3. The van der Waals surface area contributed by atoms with Gasteiger partial charge in [-0.2, -0.15) is 0 Å². The number of rotatable bonds is 3. The summed E-state index contributed by atoms with van der Waals surface area (Å²) in [5, 5.41) is 7.68. The molecule has 0 bridgehead atoms. The molecule has 132 valence electrons. The standard InChI is InChI=1S/C16H17BBrF2N3O2/c1-15(2)16(3,4)25-17(24-15)14(20)8-11-9-23(22-21-11)13-6-5-10(18)7-12(13)19/h5-9H,1-4H3.